The molecule has 0 aliphatic heterocycles. The SMILES string of the molecule is O=C(O)c1cnn(-c2cc(F)ccc2Cl)c1NC(=O)C(F)(F)F. The topological polar surface area (TPSA) is 84.2 Å². The number of carboxylic acid groups (broad SMARTS) is 1. The number of aromatic nitrogens is 2. The van der Waals surface area contributed by atoms with Gasteiger partial charge < -0.3 is 10.4 Å². The molecule has 1 amide bonds. The Morgan fingerprint density at radius 2 is 1.96 bits per heavy atom. The lowest BCUT2D eigenvalue weighted by atomic mass is 10.3. The van der Waals surface area contributed by atoms with Crippen LogP contribution in [0.3, 0.4) is 0 Å². The number of rotatable bonds is 3. The van der Waals surface area contributed by atoms with Gasteiger partial charge in [-0.3, -0.25) is 4.79 Å². The normalized spacial score (nSPS) is 11.3. The molecule has 0 aliphatic rings. The van der Waals surface area contributed by atoms with Crippen molar-refractivity contribution in [2.75, 3.05) is 5.32 Å². The maximum absolute atomic E-state index is 13.3. The molecule has 23 heavy (non-hydrogen) atoms. The fourth-order valence-electron chi connectivity index (χ4n) is 1.63. The Balaban J connectivity index is 2.59. The van der Waals surface area contributed by atoms with E-state index in [-0.39, 0.29) is 10.7 Å². The average molecular weight is 352 g/mol. The summed E-state index contributed by atoms with van der Waals surface area (Å²) in [6.07, 6.45) is -4.55. The highest BCUT2D eigenvalue weighted by Crippen LogP contribution is 2.28. The van der Waals surface area contributed by atoms with Crippen molar-refractivity contribution < 1.29 is 32.3 Å². The molecule has 1 heterocycles. The zero-order valence-electron chi connectivity index (χ0n) is 10.9. The van der Waals surface area contributed by atoms with Gasteiger partial charge in [0, 0.05) is 6.07 Å². The Kier molecular flexibility index (Phi) is 4.28. The highest BCUT2D eigenvalue weighted by molar-refractivity contribution is 6.32. The van der Waals surface area contributed by atoms with E-state index in [0.717, 1.165) is 18.2 Å². The molecule has 6 nitrogen and oxygen atoms in total. The number of halogens is 5. The van der Waals surface area contributed by atoms with Crippen LogP contribution in [0.15, 0.2) is 24.4 Å². The van der Waals surface area contributed by atoms with E-state index in [4.69, 9.17) is 16.7 Å². The molecular weight excluding hydrogens is 346 g/mol. The molecule has 0 saturated heterocycles. The molecule has 0 bridgehead atoms. The summed E-state index contributed by atoms with van der Waals surface area (Å²) in [6.45, 7) is 0. The number of nitrogens with zero attached hydrogens (tertiary/aromatic N) is 2. The second-order valence-corrected chi connectivity index (χ2v) is 4.58. The molecule has 0 fully saturated rings. The van der Waals surface area contributed by atoms with Gasteiger partial charge in [0.2, 0.25) is 0 Å². The second-order valence-electron chi connectivity index (χ2n) is 4.17. The largest absolute Gasteiger partial charge is 0.477 e. The summed E-state index contributed by atoms with van der Waals surface area (Å²) in [6, 6.07) is 2.91. The molecule has 1 aromatic carbocycles. The minimum atomic E-state index is -5.25. The highest BCUT2D eigenvalue weighted by atomic mass is 35.5. The maximum atomic E-state index is 13.3. The van der Waals surface area contributed by atoms with E-state index in [0.29, 0.717) is 10.9 Å². The predicted octanol–water partition coefficient (Wildman–Crippen LogP) is 2.86. The predicted molar refractivity (Wildman–Crippen MR) is 70.2 cm³/mol. The average Bonchev–Trinajstić information content (AvgIpc) is 2.84. The standard InChI is InChI=1S/C12H6ClF4N3O3/c13-7-2-1-5(14)3-8(7)20-9(6(4-18-20)10(21)22)19-11(23)12(15,16)17/h1-4H,(H,19,23)(H,21,22). The first-order chi connectivity index (χ1) is 10.6. The maximum Gasteiger partial charge on any atom is 0.471 e. The first kappa shape index (κ1) is 16.7. The fourth-order valence-corrected chi connectivity index (χ4v) is 1.83. The van der Waals surface area contributed by atoms with Crippen LogP contribution in [0.5, 0.6) is 0 Å². The minimum Gasteiger partial charge on any atom is -0.477 e. The summed E-state index contributed by atoms with van der Waals surface area (Å²) in [4.78, 5) is 22.1. The molecule has 11 heteroatoms. The van der Waals surface area contributed by atoms with Crippen molar-refractivity contribution in [2.24, 2.45) is 0 Å². The number of nitrogens with one attached hydrogen (secondary N) is 1. The number of amides is 1. The highest BCUT2D eigenvalue weighted by Gasteiger charge is 2.40. The molecular formula is C12H6ClF4N3O3. The number of carboxylic acids is 1. The van der Waals surface area contributed by atoms with Crippen molar-refractivity contribution >= 4 is 29.3 Å². The number of alkyl halides is 3. The third-order valence-electron chi connectivity index (χ3n) is 2.63. The summed E-state index contributed by atoms with van der Waals surface area (Å²) >= 11 is 5.81. The number of anilines is 1. The van der Waals surface area contributed by atoms with Crippen LogP contribution in [-0.2, 0) is 4.79 Å². The third-order valence-corrected chi connectivity index (χ3v) is 2.95. The van der Waals surface area contributed by atoms with Crippen LogP contribution < -0.4 is 5.32 Å². The van der Waals surface area contributed by atoms with Gasteiger partial charge in [0.15, 0.2) is 5.82 Å². The van der Waals surface area contributed by atoms with E-state index >= 15 is 0 Å². The van der Waals surface area contributed by atoms with Gasteiger partial charge in [0.25, 0.3) is 0 Å². The molecule has 0 aliphatic carbocycles. The van der Waals surface area contributed by atoms with Crippen LogP contribution in [0.25, 0.3) is 5.69 Å². The Morgan fingerprint density at radius 1 is 1.30 bits per heavy atom. The Hall–Kier alpha value is -2.62. The molecule has 0 unspecified atom stereocenters. The van der Waals surface area contributed by atoms with Crippen LogP contribution in [0.1, 0.15) is 10.4 Å². The van der Waals surface area contributed by atoms with Crippen molar-refractivity contribution in [3.63, 3.8) is 0 Å². The van der Waals surface area contributed by atoms with E-state index in [2.05, 4.69) is 5.10 Å². The van der Waals surface area contributed by atoms with Crippen LogP contribution >= 0.6 is 11.6 Å². The number of carbonyl (C=O) groups excluding carboxylic acids is 1. The van der Waals surface area contributed by atoms with E-state index in [1.165, 1.54) is 5.32 Å². The van der Waals surface area contributed by atoms with Crippen molar-refractivity contribution in [3.05, 3.63) is 40.8 Å². The molecule has 0 atom stereocenters. The van der Waals surface area contributed by atoms with Gasteiger partial charge in [0.1, 0.15) is 11.4 Å². The zero-order valence-corrected chi connectivity index (χ0v) is 11.6. The van der Waals surface area contributed by atoms with Crippen molar-refractivity contribution in [2.45, 2.75) is 6.18 Å². The summed E-state index contributed by atoms with van der Waals surface area (Å²) in [5.41, 5.74) is -0.959. The number of carbonyl (C=O) groups is 2. The molecule has 0 radical (unpaired) electrons. The monoisotopic (exact) mass is 351 g/mol. The molecule has 2 rings (SSSR count). The van der Waals surface area contributed by atoms with Crippen LogP contribution in [0.4, 0.5) is 23.4 Å². The third kappa shape index (κ3) is 3.42. The summed E-state index contributed by atoms with van der Waals surface area (Å²) in [5, 5.41) is 13.8. The number of hydrogen-bond acceptors (Lipinski definition) is 3. The minimum absolute atomic E-state index is 0.117. The van der Waals surface area contributed by atoms with Gasteiger partial charge in [0.05, 0.1) is 16.9 Å². The smallest absolute Gasteiger partial charge is 0.471 e. The van der Waals surface area contributed by atoms with Crippen LogP contribution in [-0.4, -0.2) is 32.9 Å². The zero-order chi connectivity index (χ0) is 17.4. The van der Waals surface area contributed by atoms with Gasteiger partial charge >= 0.3 is 18.1 Å². The van der Waals surface area contributed by atoms with Gasteiger partial charge in [-0.05, 0) is 12.1 Å². The lowest BCUT2D eigenvalue weighted by Gasteiger charge is -2.12. The van der Waals surface area contributed by atoms with Gasteiger partial charge in [-0.2, -0.15) is 18.3 Å². The van der Waals surface area contributed by atoms with Crippen molar-refractivity contribution in [1.29, 1.82) is 0 Å². The summed E-state index contributed by atoms with van der Waals surface area (Å²) in [7, 11) is 0. The molecule has 122 valence electrons. The van der Waals surface area contributed by atoms with Gasteiger partial charge in [-0.25, -0.2) is 13.9 Å². The summed E-state index contributed by atoms with van der Waals surface area (Å²) < 4.78 is 51.0. The Bertz CT molecular complexity index is 788. The molecule has 0 spiro atoms. The number of aromatic carboxylic acids is 1. The van der Waals surface area contributed by atoms with Crippen LogP contribution in [0.2, 0.25) is 5.02 Å². The Morgan fingerprint density at radius 3 is 2.52 bits per heavy atom. The van der Waals surface area contributed by atoms with Crippen molar-refractivity contribution in [1.82, 2.24) is 9.78 Å². The van der Waals surface area contributed by atoms with Crippen LogP contribution in [0, 0.1) is 5.82 Å². The first-order valence-electron chi connectivity index (χ1n) is 5.76. The quantitative estimate of drug-likeness (QED) is 0.833. The lowest BCUT2D eigenvalue weighted by molar-refractivity contribution is -0.167. The van der Waals surface area contributed by atoms with E-state index in [1.807, 2.05) is 0 Å². The van der Waals surface area contributed by atoms with E-state index in [9.17, 15) is 27.2 Å². The number of benzene rings is 1. The number of hydrogen-bond donors (Lipinski definition) is 2. The van der Waals surface area contributed by atoms with Gasteiger partial charge in [-0.1, -0.05) is 11.6 Å². The molecule has 1 aromatic heterocycles. The van der Waals surface area contributed by atoms with Gasteiger partial charge in [-0.15, -0.1) is 0 Å². The Labute approximate surface area is 130 Å². The molecule has 2 aromatic rings. The van der Waals surface area contributed by atoms with E-state index in [1.54, 1.807) is 0 Å². The molecule has 0 saturated carbocycles. The lowest BCUT2D eigenvalue weighted by Crippen LogP contribution is -2.31. The fraction of sp³-hybridized carbons (Fsp3) is 0.0833. The summed E-state index contributed by atoms with van der Waals surface area (Å²) in [5.74, 6) is -5.63. The van der Waals surface area contributed by atoms with Crippen molar-refractivity contribution in [3.8, 4) is 5.69 Å². The first-order valence-corrected chi connectivity index (χ1v) is 6.14. The second kappa shape index (κ2) is 5.88. The molecule has 2 N–H and O–H groups in total. The van der Waals surface area contributed by atoms with E-state index < -0.39 is 35.3 Å².